The van der Waals surface area contributed by atoms with Crippen LogP contribution >= 0.6 is 0 Å². The number of benzene rings is 1. The Kier molecular flexibility index (Phi) is 3.74. The van der Waals surface area contributed by atoms with E-state index >= 15 is 0 Å². The van der Waals surface area contributed by atoms with E-state index in [9.17, 15) is 9.18 Å². The van der Waals surface area contributed by atoms with Gasteiger partial charge in [0.2, 0.25) is 5.91 Å². The van der Waals surface area contributed by atoms with Crippen molar-refractivity contribution in [3.05, 3.63) is 35.6 Å². The minimum Gasteiger partial charge on any atom is -0.375 e. The van der Waals surface area contributed by atoms with Gasteiger partial charge in [0, 0.05) is 26.1 Å². The van der Waals surface area contributed by atoms with E-state index in [0.717, 1.165) is 44.4 Å². The first-order valence-corrected chi connectivity index (χ1v) is 7.33. The number of amides is 1. The lowest BCUT2D eigenvalue weighted by Crippen LogP contribution is -2.32. The van der Waals surface area contributed by atoms with Gasteiger partial charge in [-0.15, -0.1) is 0 Å². The van der Waals surface area contributed by atoms with Crippen LogP contribution < -0.4 is 0 Å². The molecule has 1 aromatic carbocycles. The third kappa shape index (κ3) is 2.85. The summed E-state index contributed by atoms with van der Waals surface area (Å²) in [6.45, 7) is 2.12. The lowest BCUT2D eigenvalue weighted by Gasteiger charge is -2.26. The van der Waals surface area contributed by atoms with Crippen molar-refractivity contribution in [2.24, 2.45) is 0 Å². The smallest absolute Gasteiger partial charge is 0.222 e. The predicted molar refractivity (Wildman–Crippen MR) is 73.6 cm³/mol. The average Bonchev–Trinajstić information content (AvgIpc) is 2.86. The van der Waals surface area contributed by atoms with Crippen LogP contribution in [-0.2, 0) is 16.1 Å². The molecule has 0 saturated carbocycles. The zero-order valence-corrected chi connectivity index (χ0v) is 11.6. The third-order valence-corrected chi connectivity index (χ3v) is 4.46. The Bertz CT molecular complexity index is 480. The zero-order valence-electron chi connectivity index (χ0n) is 11.6. The standard InChI is InChI=1S/C16H20FNO2/c17-14-4-2-13(3-5-14)12-18-10-9-16(7-1-11-20-16)8-6-15(18)19/h2-5H,1,6-12H2/t16-/m1/s1. The second-order valence-electron chi connectivity index (χ2n) is 5.83. The molecule has 1 spiro atoms. The molecule has 0 N–H and O–H groups in total. The number of carbonyl (C=O) groups is 1. The summed E-state index contributed by atoms with van der Waals surface area (Å²) >= 11 is 0. The SMILES string of the molecule is O=C1CC[C@]2(CCCO2)CCN1Cc1ccc(F)cc1. The number of hydrogen-bond acceptors (Lipinski definition) is 2. The normalized spacial score (nSPS) is 27.1. The minimum absolute atomic E-state index is 0.0623. The summed E-state index contributed by atoms with van der Waals surface area (Å²) in [5, 5.41) is 0. The van der Waals surface area contributed by atoms with Crippen LogP contribution in [0.2, 0.25) is 0 Å². The average molecular weight is 277 g/mol. The Morgan fingerprint density at radius 1 is 1.20 bits per heavy atom. The molecule has 1 atom stereocenters. The van der Waals surface area contributed by atoms with E-state index in [2.05, 4.69) is 0 Å². The van der Waals surface area contributed by atoms with Crippen molar-refractivity contribution >= 4 is 5.91 Å². The molecule has 20 heavy (non-hydrogen) atoms. The number of likely N-dealkylation sites (tertiary alicyclic amines) is 1. The molecule has 0 radical (unpaired) electrons. The quantitative estimate of drug-likeness (QED) is 0.832. The monoisotopic (exact) mass is 277 g/mol. The topological polar surface area (TPSA) is 29.5 Å². The van der Waals surface area contributed by atoms with Crippen LogP contribution in [-0.4, -0.2) is 29.6 Å². The number of hydrogen-bond donors (Lipinski definition) is 0. The second kappa shape index (κ2) is 5.52. The van der Waals surface area contributed by atoms with E-state index in [1.165, 1.54) is 12.1 Å². The van der Waals surface area contributed by atoms with Gasteiger partial charge in [-0.05, 0) is 43.4 Å². The molecule has 1 aromatic rings. The number of carbonyl (C=O) groups excluding carboxylic acids is 1. The first-order valence-electron chi connectivity index (χ1n) is 7.33. The maximum atomic E-state index is 12.9. The third-order valence-electron chi connectivity index (χ3n) is 4.46. The summed E-state index contributed by atoms with van der Waals surface area (Å²) in [4.78, 5) is 14.1. The van der Waals surface area contributed by atoms with Crippen LogP contribution in [0.15, 0.2) is 24.3 Å². The minimum atomic E-state index is -0.241. The van der Waals surface area contributed by atoms with Gasteiger partial charge < -0.3 is 9.64 Å². The number of rotatable bonds is 2. The van der Waals surface area contributed by atoms with Crippen LogP contribution in [0.1, 0.15) is 37.7 Å². The fourth-order valence-corrected chi connectivity index (χ4v) is 3.21. The van der Waals surface area contributed by atoms with Crippen molar-refractivity contribution in [2.45, 2.75) is 44.2 Å². The molecule has 0 unspecified atom stereocenters. The largest absolute Gasteiger partial charge is 0.375 e. The maximum absolute atomic E-state index is 12.9. The highest BCUT2D eigenvalue weighted by atomic mass is 19.1. The van der Waals surface area contributed by atoms with Gasteiger partial charge in [0.25, 0.3) is 0 Å². The van der Waals surface area contributed by atoms with Gasteiger partial charge in [0.15, 0.2) is 0 Å². The van der Waals surface area contributed by atoms with Crippen LogP contribution in [0.5, 0.6) is 0 Å². The van der Waals surface area contributed by atoms with Crippen molar-refractivity contribution in [1.29, 1.82) is 0 Å². The van der Waals surface area contributed by atoms with Gasteiger partial charge in [-0.3, -0.25) is 4.79 Å². The van der Waals surface area contributed by atoms with E-state index in [-0.39, 0.29) is 17.3 Å². The molecule has 0 aliphatic carbocycles. The second-order valence-corrected chi connectivity index (χ2v) is 5.83. The van der Waals surface area contributed by atoms with Gasteiger partial charge in [-0.1, -0.05) is 12.1 Å². The summed E-state index contributed by atoms with van der Waals surface area (Å²) in [7, 11) is 0. The first kappa shape index (κ1) is 13.6. The lowest BCUT2D eigenvalue weighted by molar-refractivity contribution is -0.131. The highest BCUT2D eigenvalue weighted by Gasteiger charge is 2.38. The predicted octanol–water partition coefficient (Wildman–Crippen LogP) is 2.89. The molecule has 2 saturated heterocycles. The van der Waals surface area contributed by atoms with Gasteiger partial charge in [-0.2, -0.15) is 0 Å². The van der Waals surface area contributed by atoms with Gasteiger partial charge in [0.05, 0.1) is 5.60 Å². The Morgan fingerprint density at radius 2 is 2.00 bits per heavy atom. The Hall–Kier alpha value is -1.42. The molecule has 1 amide bonds. The molecule has 4 heteroatoms. The summed E-state index contributed by atoms with van der Waals surface area (Å²) < 4.78 is 18.8. The summed E-state index contributed by atoms with van der Waals surface area (Å²) in [6, 6.07) is 6.38. The number of ether oxygens (including phenoxy) is 1. The maximum Gasteiger partial charge on any atom is 0.222 e. The van der Waals surface area contributed by atoms with Crippen LogP contribution in [0.25, 0.3) is 0 Å². The first-order chi connectivity index (χ1) is 9.67. The Labute approximate surface area is 118 Å². The lowest BCUT2D eigenvalue weighted by atomic mass is 9.92. The molecule has 2 aliphatic rings. The molecule has 108 valence electrons. The Balaban J connectivity index is 1.67. The number of halogens is 1. The van der Waals surface area contributed by atoms with E-state index < -0.39 is 0 Å². The van der Waals surface area contributed by atoms with Crippen LogP contribution in [0.4, 0.5) is 4.39 Å². The number of nitrogens with zero attached hydrogens (tertiary/aromatic N) is 1. The molecule has 2 aliphatic heterocycles. The van der Waals surface area contributed by atoms with E-state index in [0.29, 0.717) is 13.0 Å². The van der Waals surface area contributed by atoms with E-state index in [1.54, 1.807) is 12.1 Å². The Morgan fingerprint density at radius 3 is 2.70 bits per heavy atom. The molecule has 0 bridgehead atoms. The van der Waals surface area contributed by atoms with Crippen molar-refractivity contribution in [3.8, 4) is 0 Å². The van der Waals surface area contributed by atoms with Gasteiger partial charge in [0.1, 0.15) is 5.82 Å². The summed E-state index contributed by atoms with van der Waals surface area (Å²) in [6.07, 6.45) is 4.49. The van der Waals surface area contributed by atoms with E-state index in [4.69, 9.17) is 4.74 Å². The summed E-state index contributed by atoms with van der Waals surface area (Å²) in [5.74, 6) is -0.0593. The molecule has 2 fully saturated rings. The van der Waals surface area contributed by atoms with Crippen molar-refractivity contribution < 1.29 is 13.9 Å². The van der Waals surface area contributed by atoms with Crippen molar-refractivity contribution in [2.75, 3.05) is 13.2 Å². The van der Waals surface area contributed by atoms with Gasteiger partial charge in [-0.25, -0.2) is 4.39 Å². The molecule has 3 nitrogen and oxygen atoms in total. The summed E-state index contributed by atoms with van der Waals surface area (Å²) in [5.41, 5.74) is 0.913. The molecular weight excluding hydrogens is 257 g/mol. The van der Waals surface area contributed by atoms with Crippen molar-refractivity contribution in [3.63, 3.8) is 0 Å². The highest BCUT2D eigenvalue weighted by molar-refractivity contribution is 5.76. The van der Waals surface area contributed by atoms with Crippen LogP contribution in [0, 0.1) is 5.82 Å². The van der Waals surface area contributed by atoms with Crippen LogP contribution in [0.3, 0.4) is 0 Å². The molecule has 0 aromatic heterocycles. The fourth-order valence-electron chi connectivity index (χ4n) is 3.21. The highest BCUT2D eigenvalue weighted by Crippen LogP contribution is 2.36. The zero-order chi connectivity index (χ0) is 14.0. The van der Waals surface area contributed by atoms with E-state index in [1.807, 2.05) is 4.90 Å². The fraction of sp³-hybridized carbons (Fsp3) is 0.562. The molecular formula is C16H20FNO2. The van der Waals surface area contributed by atoms with Gasteiger partial charge >= 0.3 is 0 Å². The molecule has 2 heterocycles. The molecule has 3 rings (SSSR count). The van der Waals surface area contributed by atoms with Crippen molar-refractivity contribution in [1.82, 2.24) is 4.90 Å².